The minimum atomic E-state index is -1.47. The standard InChI is InChI=1S/C19H19BrN2O3/c1-3-16-12-19(24,14-6-10-17(25-2)11-7-14)22(21-16)18(23)13-4-8-15(20)9-5-13/h3-11,21,24H,12H2,1-2H3. The highest BCUT2D eigenvalue weighted by atomic mass is 79.9. The van der Waals surface area contributed by atoms with E-state index in [0.717, 1.165) is 10.2 Å². The summed E-state index contributed by atoms with van der Waals surface area (Å²) in [5.41, 5.74) is 3.43. The molecular formula is C19H19BrN2O3. The van der Waals surface area contributed by atoms with Crippen molar-refractivity contribution < 1.29 is 14.6 Å². The number of nitrogens with one attached hydrogen (secondary N) is 1. The largest absolute Gasteiger partial charge is 0.497 e. The fourth-order valence-corrected chi connectivity index (χ4v) is 3.08. The van der Waals surface area contributed by atoms with Gasteiger partial charge >= 0.3 is 0 Å². The van der Waals surface area contributed by atoms with Gasteiger partial charge in [-0.25, -0.2) is 5.01 Å². The van der Waals surface area contributed by atoms with Crippen LogP contribution in [-0.2, 0) is 5.72 Å². The molecule has 1 aliphatic rings. The number of hydrogen-bond acceptors (Lipinski definition) is 4. The number of ether oxygens (including phenoxy) is 1. The van der Waals surface area contributed by atoms with Crippen LogP contribution in [0.5, 0.6) is 5.75 Å². The molecule has 3 rings (SSSR count). The van der Waals surface area contributed by atoms with Gasteiger partial charge in [-0.3, -0.25) is 10.2 Å². The van der Waals surface area contributed by atoms with Crippen LogP contribution in [0.15, 0.2) is 64.8 Å². The Morgan fingerprint density at radius 3 is 2.44 bits per heavy atom. The van der Waals surface area contributed by atoms with Gasteiger partial charge in [-0.1, -0.05) is 34.1 Å². The number of hydrazine groups is 1. The van der Waals surface area contributed by atoms with Crippen molar-refractivity contribution in [3.8, 4) is 5.75 Å². The Bertz CT molecular complexity index is 802. The number of halogens is 1. The Morgan fingerprint density at radius 2 is 1.88 bits per heavy atom. The summed E-state index contributed by atoms with van der Waals surface area (Å²) in [4.78, 5) is 13.0. The molecule has 5 nitrogen and oxygen atoms in total. The van der Waals surface area contributed by atoms with Crippen molar-refractivity contribution in [3.05, 3.63) is 75.9 Å². The maximum Gasteiger partial charge on any atom is 0.275 e. The zero-order chi connectivity index (χ0) is 18.0. The highest BCUT2D eigenvalue weighted by Crippen LogP contribution is 2.37. The molecule has 0 spiro atoms. The summed E-state index contributed by atoms with van der Waals surface area (Å²) in [6.45, 7) is 1.87. The van der Waals surface area contributed by atoms with Crippen LogP contribution in [0, 0.1) is 0 Å². The van der Waals surface area contributed by atoms with Gasteiger partial charge < -0.3 is 9.84 Å². The highest BCUT2D eigenvalue weighted by Gasteiger charge is 2.46. The van der Waals surface area contributed by atoms with Crippen molar-refractivity contribution in [2.45, 2.75) is 19.1 Å². The van der Waals surface area contributed by atoms with Crippen molar-refractivity contribution in [1.82, 2.24) is 10.4 Å². The Hall–Kier alpha value is -2.31. The van der Waals surface area contributed by atoms with Crippen molar-refractivity contribution in [2.24, 2.45) is 0 Å². The molecule has 1 saturated heterocycles. The minimum Gasteiger partial charge on any atom is -0.497 e. The third kappa shape index (κ3) is 3.27. The van der Waals surface area contributed by atoms with E-state index in [4.69, 9.17) is 4.74 Å². The maximum absolute atomic E-state index is 13.0. The predicted octanol–water partition coefficient (Wildman–Crippen LogP) is 3.56. The number of aliphatic hydroxyl groups is 1. The summed E-state index contributed by atoms with van der Waals surface area (Å²) in [6.07, 6.45) is 2.14. The van der Waals surface area contributed by atoms with E-state index < -0.39 is 5.72 Å². The van der Waals surface area contributed by atoms with Crippen molar-refractivity contribution >= 4 is 21.8 Å². The molecule has 1 fully saturated rings. The van der Waals surface area contributed by atoms with Gasteiger partial charge in [0, 0.05) is 27.7 Å². The lowest BCUT2D eigenvalue weighted by Gasteiger charge is -2.32. The highest BCUT2D eigenvalue weighted by molar-refractivity contribution is 9.10. The van der Waals surface area contributed by atoms with Gasteiger partial charge in [0.1, 0.15) is 5.75 Å². The first kappa shape index (κ1) is 17.5. The average Bonchev–Trinajstić information content (AvgIpc) is 3.00. The first-order valence-corrected chi connectivity index (χ1v) is 8.66. The molecule has 1 unspecified atom stereocenters. The van der Waals surface area contributed by atoms with E-state index in [2.05, 4.69) is 21.4 Å². The molecular weight excluding hydrogens is 384 g/mol. The van der Waals surface area contributed by atoms with Gasteiger partial charge in [0.2, 0.25) is 0 Å². The molecule has 0 saturated carbocycles. The van der Waals surface area contributed by atoms with Crippen LogP contribution in [0.25, 0.3) is 0 Å². The third-order valence-electron chi connectivity index (χ3n) is 4.26. The molecule has 0 aliphatic carbocycles. The maximum atomic E-state index is 13.0. The Morgan fingerprint density at radius 1 is 1.24 bits per heavy atom. The van der Waals surface area contributed by atoms with Crippen molar-refractivity contribution in [3.63, 3.8) is 0 Å². The molecule has 2 N–H and O–H groups in total. The van der Waals surface area contributed by atoms with E-state index in [9.17, 15) is 9.90 Å². The van der Waals surface area contributed by atoms with E-state index in [1.54, 1.807) is 55.6 Å². The predicted molar refractivity (Wildman–Crippen MR) is 98.7 cm³/mol. The van der Waals surface area contributed by atoms with E-state index in [1.807, 2.05) is 13.0 Å². The van der Waals surface area contributed by atoms with Crippen LogP contribution < -0.4 is 10.2 Å². The smallest absolute Gasteiger partial charge is 0.275 e. The summed E-state index contributed by atoms with van der Waals surface area (Å²) >= 11 is 3.36. The fraction of sp³-hybridized carbons (Fsp3) is 0.211. The molecule has 130 valence electrons. The molecule has 6 heteroatoms. The summed E-state index contributed by atoms with van der Waals surface area (Å²) in [5.74, 6) is 0.387. The first-order chi connectivity index (χ1) is 12.0. The molecule has 0 radical (unpaired) electrons. The summed E-state index contributed by atoms with van der Waals surface area (Å²) in [5, 5.41) is 12.6. The second kappa shape index (κ2) is 6.90. The van der Waals surface area contributed by atoms with Gasteiger partial charge in [-0.05, 0) is 43.3 Å². The van der Waals surface area contributed by atoms with Gasteiger partial charge in [0.25, 0.3) is 5.91 Å². The average molecular weight is 403 g/mol. The Balaban J connectivity index is 1.99. The number of methoxy groups -OCH3 is 1. The van der Waals surface area contributed by atoms with E-state index in [0.29, 0.717) is 16.9 Å². The number of rotatable bonds is 3. The summed E-state index contributed by atoms with van der Waals surface area (Å²) in [7, 11) is 1.59. The monoisotopic (exact) mass is 402 g/mol. The van der Waals surface area contributed by atoms with Crippen LogP contribution in [0.2, 0.25) is 0 Å². The van der Waals surface area contributed by atoms with Gasteiger partial charge in [0.05, 0.1) is 7.11 Å². The van der Waals surface area contributed by atoms with E-state index >= 15 is 0 Å². The number of hydrogen-bond donors (Lipinski definition) is 2. The first-order valence-electron chi connectivity index (χ1n) is 7.87. The zero-order valence-corrected chi connectivity index (χ0v) is 15.6. The third-order valence-corrected chi connectivity index (χ3v) is 4.79. The van der Waals surface area contributed by atoms with Crippen LogP contribution in [0.3, 0.4) is 0 Å². The van der Waals surface area contributed by atoms with Crippen molar-refractivity contribution in [1.29, 1.82) is 0 Å². The Kier molecular flexibility index (Phi) is 4.83. The molecule has 1 heterocycles. The van der Waals surface area contributed by atoms with Gasteiger partial charge in [0.15, 0.2) is 5.72 Å². The lowest BCUT2D eigenvalue weighted by atomic mass is 9.98. The molecule has 25 heavy (non-hydrogen) atoms. The zero-order valence-electron chi connectivity index (χ0n) is 14.0. The van der Waals surface area contributed by atoms with Crippen LogP contribution in [-0.4, -0.2) is 23.1 Å². The fourth-order valence-electron chi connectivity index (χ4n) is 2.82. The molecule has 1 aliphatic heterocycles. The molecule has 0 aromatic heterocycles. The van der Waals surface area contributed by atoms with Crippen molar-refractivity contribution in [2.75, 3.05) is 7.11 Å². The van der Waals surface area contributed by atoms with E-state index in [1.165, 1.54) is 5.01 Å². The number of carbonyl (C=O) groups excluding carboxylic acids is 1. The number of amides is 1. The number of nitrogens with zero attached hydrogens (tertiary/aromatic N) is 1. The summed E-state index contributed by atoms with van der Waals surface area (Å²) in [6, 6.07) is 14.1. The number of carbonyl (C=O) groups is 1. The minimum absolute atomic E-state index is 0.290. The molecule has 2 aromatic carbocycles. The summed E-state index contributed by atoms with van der Waals surface area (Å²) < 4.78 is 6.06. The van der Waals surface area contributed by atoms with Gasteiger partial charge in [-0.15, -0.1) is 0 Å². The second-order valence-corrected chi connectivity index (χ2v) is 6.71. The van der Waals surface area contributed by atoms with E-state index in [-0.39, 0.29) is 12.3 Å². The number of benzene rings is 2. The molecule has 2 aromatic rings. The SMILES string of the molecule is CC=C1CC(O)(c2ccc(OC)cc2)N(C(=O)c2ccc(Br)cc2)N1. The molecule has 1 atom stereocenters. The van der Waals surface area contributed by atoms with Gasteiger partial charge in [-0.2, -0.15) is 0 Å². The lowest BCUT2D eigenvalue weighted by Crippen LogP contribution is -2.49. The Labute approximate surface area is 155 Å². The molecule has 1 amide bonds. The molecule has 0 bridgehead atoms. The lowest BCUT2D eigenvalue weighted by molar-refractivity contribution is -0.0835. The number of allylic oxidation sites excluding steroid dienone is 1. The normalized spacial score (nSPS) is 21.3. The van der Waals surface area contributed by atoms with Crippen LogP contribution >= 0.6 is 15.9 Å². The van der Waals surface area contributed by atoms with Crippen LogP contribution in [0.1, 0.15) is 29.3 Å². The van der Waals surface area contributed by atoms with Crippen LogP contribution in [0.4, 0.5) is 0 Å². The topological polar surface area (TPSA) is 61.8 Å². The second-order valence-electron chi connectivity index (χ2n) is 5.80. The quantitative estimate of drug-likeness (QED) is 0.823.